The average Bonchev–Trinajstić information content (AvgIpc) is 3.14. The summed E-state index contributed by atoms with van der Waals surface area (Å²) in [6.45, 7) is 4.97. The number of piperidine rings is 1. The Balaban J connectivity index is 1.33. The predicted octanol–water partition coefficient (Wildman–Crippen LogP) is 4.21. The minimum absolute atomic E-state index is 0.0983. The molecule has 0 radical (unpaired) electrons. The van der Waals surface area contributed by atoms with Crippen molar-refractivity contribution < 1.29 is 9.21 Å². The molecule has 3 heterocycles. The molecule has 0 aliphatic carbocycles. The van der Waals surface area contributed by atoms with E-state index in [-0.39, 0.29) is 12.1 Å². The molecule has 2 saturated heterocycles. The number of amides is 2. The number of hydrogen-bond acceptors (Lipinski definition) is 3. The van der Waals surface area contributed by atoms with Crippen molar-refractivity contribution in [3.05, 3.63) is 53.5 Å². The van der Waals surface area contributed by atoms with Crippen molar-refractivity contribution >= 4 is 11.7 Å². The fourth-order valence-corrected chi connectivity index (χ4v) is 4.63. The first-order chi connectivity index (χ1) is 12.6. The predicted molar refractivity (Wildman–Crippen MR) is 102 cm³/mol. The van der Waals surface area contributed by atoms with Gasteiger partial charge in [-0.25, -0.2) is 4.79 Å². The minimum atomic E-state index is -0.0983. The van der Waals surface area contributed by atoms with Crippen LogP contribution >= 0.6 is 0 Å². The summed E-state index contributed by atoms with van der Waals surface area (Å²) in [5.74, 6) is 1.03. The van der Waals surface area contributed by atoms with Gasteiger partial charge in [0.15, 0.2) is 0 Å². The zero-order valence-corrected chi connectivity index (χ0v) is 15.5. The maximum Gasteiger partial charge on any atom is 0.319 e. The van der Waals surface area contributed by atoms with E-state index in [0.717, 1.165) is 42.0 Å². The van der Waals surface area contributed by atoms with E-state index in [4.69, 9.17) is 4.42 Å². The maximum absolute atomic E-state index is 12.4. The van der Waals surface area contributed by atoms with Crippen molar-refractivity contribution in [3.63, 3.8) is 0 Å². The van der Waals surface area contributed by atoms with Crippen LogP contribution in [0.4, 0.5) is 10.5 Å². The highest BCUT2D eigenvalue weighted by molar-refractivity contribution is 5.89. The number of carbonyl (C=O) groups excluding carboxylic acids is 1. The molecule has 2 bridgehead atoms. The quantitative estimate of drug-likeness (QED) is 0.865. The number of aryl methyl sites for hydroxylation is 2. The number of urea groups is 1. The van der Waals surface area contributed by atoms with Crippen LogP contribution < -0.4 is 10.6 Å². The summed E-state index contributed by atoms with van der Waals surface area (Å²) in [6.07, 6.45) is 6.18. The van der Waals surface area contributed by atoms with Crippen molar-refractivity contribution in [2.45, 2.75) is 64.2 Å². The number of anilines is 1. The first-order valence-electron chi connectivity index (χ1n) is 9.51. The summed E-state index contributed by atoms with van der Waals surface area (Å²) in [5.41, 5.74) is 3.17. The Bertz CT molecular complexity index is 737. The molecule has 2 aliphatic heterocycles. The third-order valence-corrected chi connectivity index (χ3v) is 5.62. The zero-order chi connectivity index (χ0) is 18.1. The SMILES string of the molecule is Cc1cc(C)cc(NC(=O)NC2CC3CCC(C2)N3Cc2ccco2)c1. The van der Waals surface area contributed by atoms with Gasteiger partial charge in [0.1, 0.15) is 5.76 Å². The van der Waals surface area contributed by atoms with Crippen molar-refractivity contribution in [1.82, 2.24) is 10.2 Å². The van der Waals surface area contributed by atoms with Gasteiger partial charge in [-0.2, -0.15) is 0 Å². The molecular weight excluding hydrogens is 326 g/mol. The van der Waals surface area contributed by atoms with Crippen LogP contribution in [-0.2, 0) is 6.54 Å². The van der Waals surface area contributed by atoms with E-state index in [1.165, 1.54) is 12.8 Å². The smallest absolute Gasteiger partial charge is 0.319 e. The lowest BCUT2D eigenvalue weighted by Crippen LogP contribution is -2.50. The molecule has 2 aliphatic rings. The standard InChI is InChI=1S/C21H27N3O2/c1-14-8-15(2)10-16(9-14)22-21(25)23-17-11-18-5-6-19(12-17)24(18)13-20-4-3-7-26-20/h3-4,7-10,17-19H,5-6,11-13H2,1-2H3,(H2,22,23,25). The number of carbonyl (C=O) groups is 1. The number of nitrogens with zero attached hydrogens (tertiary/aromatic N) is 1. The fraction of sp³-hybridized carbons (Fsp3) is 0.476. The van der Waals surface area contributed by atoms with Crippen LogP contribution in [-0.4, -0.2) is 29.1 Å². The minimum Gasteiger partial charge on any atom is -0.468 e. The Labute approximate surface area is 154 Å². The van der Waals surface area contributed by atoms with E-state index in [1.807, 2.05) is 38.1 Å². The molecule has 2 atom stereocenters. The lowest BCUT2D eigenvalue weighted by molar-refractivity contribution is 0.104. The molecular formula is C21H27N3O2. The molecule has 2 aromatic rings. The van der Waals surface area contributed by atoms with Gasteiger partial charge in [-0.15, -0.1) is 0 Å². The van der Waals surface area contributed by atoms with Crippen molar-refractivity contribution in [3.8, 4) is 0 Å². The fourth-order valence-electron chi connectivity index (χ4n) is 4.63. The zero-order valence-electron chi connectivity index (χ0n) is 15.5. The van der Waals surface area contributed by atoms with E-state index in [2.05, 4.69) is 21.6 Å². The van der Waals surface area contributed by atoms with Crippen LogP contribution in [0.25, 0.3) is 0 Å². The number of hydrogen-bond donors (Lipinski definition) is 2. The average molecular weight is 353 g/mol. The monoisotopic (exact) mass is 353 g/mol. The summed E-state index contributed by atoms with van der Waals surface area (Å²) in [7, 11) is 0. The number of nitrogens with one attached hydrogen (secondary N) is 2. The number of rotatable bonds is 4. The van der Waals surface area contributed by atoms with Gasteiger partial charge in [0.05, 0.1) is 12.8 Å². The molecule has 1 aromatic carbocycles. The molecule has 5 nitrogen and oxygen atoms in total. The molecule has 2 amide bonds. The van der Waals surface area contributed by atoms with Gasteiger partial charge in [-0.1, -0.05) is 6.07 Å². The van der Waals surface area contributed by atoms with Crippen LogP contribution in [0.15, 0.2) is 41.0 Å². The first-order valence-corrected chi connectivity index (χ1v) is 9.51. The maximum atomic E-state index is 12.4. The summed E-state index contributed by atoms with van der Waals surface area (Å²) in [4.78, 5) is 15.0. The summed E-state index contributed by atoms with van der Waals surface area (Å²) in [6, 6.07) is 11.3. The van der Waals surface area contributed by atoms with Crippen LogP contribution in [0.1, 0.15) is 42.6 Å². The second-order valence-corrected chi connectivity index (χ2v) is 7.78. The number of benzene rings is 1. The van der Waals surface area contributed by atoms with Gasteiger partial charge < -0.3 is 15.1 Å². The summed E-state index contributed by atoms with van der Waals surface area (Å²) in [5, 5.41) is 6.18. The van der Waals surface area contributed by atoms with Gasteiger partial charge in [0, 0.05) is 23.8 Å². The van der Waals surface area contributed by atoms with Gasteiger partial charge in [0.2, 0.25) is 0 Å². The van der Waals surface area contributed by atoms with Gasteiger partial charge in [-0.05, 0) is 74.9 Å². The first kappa shape index (κ1) is 17.2. The summed E-state index contributed by atoms with van der Waals surface area (Å²) < 4.78 is 5.52. The lowest BCUT2D eigenvalue weighted by Gasteiger charge is -2.38. The summed E-state index contributed by atoms with van der Waals surface area (Å²) >= 11 is 0. The normalized spacial score (nSPS) is 25.2. The number of fused-ring (bicyclic) bond motifs is 2. The molecule has 0 spiro atoms. The van der Waals surface area contributed by atoms with E-state index in [9.17, 15) is 4.79 Å². The Kier molecular flexibility index (Phi) is 4.72. The van der Waals surface area contributed by atoms with Crippen molar-refractivity contribution in [1.29, 1.82) is 0 Å². The van der Waals surface area contributed by atoms with E-state index in [1.54, 1.807) is 6.26 Å². The molecule has 138 valence electrons. The van der Waals surface area contributed by atoms with Crippen LogP contribution in [0.2, 0.25) is 0 Å². The molecule has 26 heavy (non-hydrogen) atoms. The lowest BCUT2D eigenvalue weighted by atomic mass is 9.97. The van der Waals surface area contributed by atoms with Crippen LogP contribution in [0.3, 0.4) is 0 Å². The molecule has 2 N–H and O–H groups in total. The Morgan fingerprint density at radius 2 is 1.85 bits per heavy atom. The Morgan fingerprint density at radius 1 is 1.15 bits per heavy atom. The van der Waals surface area contributed by atoms with Crippen LogP contribution in [0, 0.1) is 13.8 Å². The molecule has 5 heteroatoms. The van der Waals surface area contributed by atoms with E-state index >= 15 is 0 Å². The highest BCUT2D eigenvalue weighted by Gasteiger charge is 2.41. The molecule has 1 aromatic heterocycles. The second-order valence-electron chi connectivity index (χ2n) is 7.78. The third-order valence-electron chi connectivity index (χ3n) is 5.62. The van der Waals surface area contributed by atoms with E-state index < -0.39 is 0 Å². The largest absolute Gasteiger partial charge is 0.468 e. The molecule has 4 rings (SSSR count). The van der Waals surface area contributed by atoms with Gasteiger partial charge in [0.25, 0.3) is 0 Å². The third kappa shape index (κ3) is 3.78. The van der Waals surface area contributed by atoms with E-state index in [0.29, 0.717) is 12.1 Å². The second kappa shape index (κ2) is 7.16. The van der Waals surface area contributed by atoms with Crippen molar-refractivity contribution in [2.75, 3.05) is 5.32 Å². The van der Waals surface area contributed by atoms with Crippen molar-refractivity contribution in [2.24, 2.45) is 0 Å². The highest BCUT2D eigenvalue weighted by atomic mass is 16.3. The Morgan fingerprint density at radius 3 is 2.46 bits per heavy atom. The van der Waals surface area contributed by atoms with Crippen LogP contribution in [0.5, 0.6) is 0 Å². The molecule has 2 unspecified atom stereocenters. The molecule has 2 fully saturated rings. The highest BCUT2D eigenvalue weighted by Crippen LogP contribution is 2.36. The molecule has 0 saturated carbocycles. The number of furan rings is 1. The Hall–Kier alpha value is -2.27. The topological polar surface area (TPSA) is 57.5 Å². The van der Waals surface area contributed by atoms with Gasteiger partial charge in [-0.3, -0.25) is 4.90 Å². The van der Waals surface area contributed by atoms with Gasteiger partial charge >= 0.3 is 6.03 Å².